The van der Waals surface area contributed by atoms with Crippen LogP contribution in [-0.4, -0.2) is 37.0 Å². The highest BCUT2D eigenvalue weighted by molar-refractivity contribution is 5.77. The highest BCUT2D eigenvalue weighted by atomic mass is 16.3. The maximum absolute atomic E-state index is 6.01. The average Bonchev–Trinajstić information content (AvgIpc) is 3.20. The van der Waals surface area contributed by atoms with Gasteiger partial charge in [0.1, 0.15) is 11.5 Å². The Kier molecular flexibility index (Phi) is 7.46. The van der Waals surface area contributed by atoms with Crippen LogP contribution in [-0.2, 0) is 0 Å². The first-order chi connectivity index (χ1) is 11.2. The number of rotatable bonds is 9. The van der Waals surface area contributed by atoms with Gasteiger partial charge in [-0.1, -0.05) is 26.2 Å². The summed E-state index contributed by atoms with van der Waals surface area (Å²) >= 11 is 0. The number of hydrogen-bond donors (Lipinski definition) is 2. The Hall–Kier alpha value is -1.49. The lowest BCUT2D eigenvalue weighted by atomic mass is 10.2. The van der Waals surface area contributed by atoms with Gasteiger partial charge in [-0.2, -0.15) is 0 Å². The van der Waals surface area contributed by atoms with Crippen molar-refractivity contribution >= 4 is 5.96 Å². The molecule has 130 valence electrons. The van der Waals surface area contributed by atoms with Gasteiger partial charge in [0, 0.05) is 6.54 Å². The van der Waals surface area contributed by atoms with Crippen molar-refractivity contribution in [3.8, 4) is 0 Å². The molecule has 23 heavy (non-hydrogen) atoms. The van der Waals surface area contributed by atoms with Crippen LogP contribution in [0.1, 0.15) is 63.0 Å². The molecule has 1 aliphatic heterocycles. The lowest BCUT2D eigenvalue weighted by Crippen LogP contribution is -2.34. The standard InChI is InChI=1S/C18H32N4O/c1-3-4-5-6-11-20-18(19)21-14-16(22-12-7-8-13-22)17-10-9-15(2)23-17/h9-10,16H,3-8,11-14H2,1-2H3,(H3,19,20,21). The first-order valence-corrected chi connectivity index (χ1v) is 9.05. The van der Waals surface area contributed by atoms with E-state index in [4.69, 9.17) is 10.2 Å². The van der Waals surface area contributed by atoms with Crippen molar-refractivity contribution < 1.29 is 4.42 Å². The highest BCUT2D eigenvalue weighted by Crippen LogP contribution is 2.26. The maximum Gasteiger partial charge on any atom is 0.188 e. The number of nitrogens with two attached hydrogens (primary N) is 1. The Morgan fingerprint density at radius 3 is 2.74 bits per heavy atom. The summed E-state index contributed by atoms with van der Waals surface area (Å²) in [4.78, 5) is 7.01. The summed E-state index contributed by atoms with van der Waals surface area (Å²) in [7, 11) is 0. The molecule has 1 aliphatic rings. The van der Waals surface area contributed by atoms with Crippen molar-refractivity contribution in [1.82, 2.24) is 10.2 Å². The molecule has 1 aromatic rings. The van der Waals surface area contributed by atoms with Crippen molar-refractivity contribution in [2.24, 2.45) is 10.7 Å². The zero-order chi connectivity index (χ0) is 16.5. The fraction of sp³-hybridized carbons (Fsp3) is 0.722. The largest absolute Gasteiger partial charge is 0.465 e. The Bertz CT molecular complexity index is 477. The number of furan rings is 1. The number of aryl methyl sites for hydroxylation is 1. The molecular formula is C18H32N4O. The molecule has 1 saturated heterocycles. The number of nitrogens with zero attached hydrogens (tertiary/aromatic N) is 2. The van der Waals surface area contributed by atoms with E-state index >= 15 is 0 Å². The van der Waals surface area contributed by atoms with E-state index in [-0.39, 0.29) is 6.04 Å². The Morgan fingerprint density at radius 2 is 2.09 bits per heavy atom. The van der Waals surface area contributed by atoms with Crippen LogP contribution in [0.2, 0.25) is 0 Å². The van der Waals surface area contributed by atoms with Crippen molar-refractivity contribution in [2.75, 3.05) is 26.2 Å². The molecule has 5 heteroatoms. The van der Waals surface area contributed by atoms with Crippen molar-refractivity contribution in [1.29, 1.82) is 0 Å². The molecule has 1 unspecified atom stereocenters. The number of hydrogen-bond acceptors (Lipinski definition) is 3. The van der Waals surface area contributed by atoms with Gasteiger partial charge >= 0.3 is 0 Å². The van der Waals surface area contributed by atoms with Crippen LogP contribution in [0.4, 0.5) is 0 Å². The molecule has 1 fully saturated rings. The molecule has 5 nitrogen and oxygen atoms in total. The molecule has 0 saturated carbocycles. The summed E-state index contributed by atoms with van der Waals surface area (Å²) in [6.07, 6.45) is 7.45. The summed E-state index contributed by atoms with van der Waals surface area (Å²) in [5, 5.41) is 3.22. The van der Waals surface area contributed by atoms with E-state index in [1.54, 1.807) is 0 Å². The molecule has 0 spiro atoms. The van der Waals surface area contributed by atoms with E-state index in [2.05, 4.69) is 28.2 Å². The normalized spacial score (nSPS) is 17.6. The van der Waals surface area contributed by atoms with Gasteiger partial charge in [0.2, 0.25) is 0 Å². The average molecular weight is 320 g/mol. The smallest absolute Gasteiger partial charge is 0.188 e. The lowest BCUT2D eigenvalue weighted by molar-refractivity contribution is 0.219. The summed E-state index contributed by atoms with van der Waals surface area (Å²) in [6.45, 7) is 8.00. The first-order valence-electron chi connectivity index (χ1n) is 9.05. The van der Waals surface area contributed by atoms with Gasteiger partial charge in [-0.25, -0.2) is 0 Å². The molecule has 0 aromatic carbocycles. The number of unbranched alkanes of at least 4 members (excludes halogenated alkanes) is 3. The minimum Gasteiger partial charge on any atom is -0.465 e. The van der Waals surface area contributed by atoms with Crippen LogP contribution in [0.3, 0.4) is 0 Å². The molecule has 0 bridgehead atoms. The van der Waals surface area contributed by atoms with Gasteiger partial charge in [0.25, 0.3) is 0 Å². The number of guanidine groups is 1. The zero-order valence-corrected chi connectivity index (χ0v) is 14.7. The monoisotopic (exact) mass is 320 g/mol. The molecule has 0 amide bonds. The minimum absolute atomic E-state index is 0.201. The van der Waals surface area contributed by atoms with E-state index in [9.17, 15) is 0 Å². The van der Waals surface area contributed by atoms with Gasteiger partial charge in [-0.15, -0.1) is 0 Å². The second-order valence-electron chi connectivity index (χ2n) is 6.42. The topological polar surface area (TPSA) is 66.8 Å². The van der Waals surface area contributed by atoms with Crippen LogP contribution in [0.15, 0.2) is 21.5 Å². The fourth-order valence-electron chi connectivity index (χ4n) is 3.08. The Labute approximate surface area is 140 Å². The molecule has 0 aliphatic carbocycles. The third-order valence-corrected chi connectivity index (χ3v) is 4.44. The third-order valence-electron chi connectivity index (χ3n) is 4.44. The predicted octanol–water partition coefficient (Wildman–Crippen LogP) is 3.21. The molecule has 1 aromatic heterocycles. The van der Waals surface area contributed by atoms with Crippen LogP contribution in [0.5, 0.6) is 0 Å². The van der Waals surface area contributed by atoms with Crippen molar-refractivity contribution in [2.45, 2.75) is 58.4 Å². The maximum atomic E-state index is 6.01. The van der Waals surface area contributed by atoms with E-state index in [1.807, 2.05) is 13.0 Å². The summed E-state index contributed by atoms with van der Waals surface area (Å²) in [5.41, 5.74) is 6.01. The molecule has 2 heterocycles. The summed E-state index contributed by atoms with van der Waals surface area (Å²) in [5.74, 6) is 2.51. The SMILES string of the molecule is CCCCCCNC(N)=NCC(c1ccc(C)o1)N1CCCC1. The lowest BCUT2D eigenvalue weighted by Gasteiger charge is -2.24. The summed E-state index contributed by atoms with van der Waals surface area (Å²) in [6, 6.07) is 4.30. The number of likely N-dealkylation sites (tertiary alicyclic amines) is 1. The molecule has 3 N–H and O–H groups in total. The molecular weight excluding hydrogens is 288 g/mol. The van der Waals surface area contributed by atoms with Gasteiger partial charge < -0.3 is 15.5 Å². The Balaban J connectivity index is 1.86. The van der Waals surface area contributed by atoms with Gasteiger partial charge in [-0.3, -0.25) is 9.89 Å². The molecule has 0 radical (unpaired) electrons. The predicted molar refractivity (Wildman–Crippen MR) is 95.6 cm³/mol. The number of aliphatic imine (C=N–C) groups is 1. The van der Waals surface area contributed by atoms with E-state index < -0.39 is 0 Å². The highest BCUT2D eigenvalue weighted by Gasteiger charge is 2.25. The summed E-state index contributed by atoms with van der Waals surface area (Å²) < 4.78 is 5.84. The van der Waals surface area contributed by atoms with Gasteiger partial charge in [0.05, 0.1) is 12.6 Å². The minimum atomic E-state index is 0.201. The first kappa shape index (κ1) is 17.9. The van der Waals surface area contributed by atoms with Crippen LogP contribution < -0.4 is 11.1 Å². The molecule has 2 rings (SSSR count). The van der Waals surface area contributed by atoms with E-state index in [1.165, 1.54) is 32.1 Å². The molecule has 1 atom stereocenters. The number of nitrogens with one attached hydrogen (secondary N) is 1. The van der Waals surface area contributed by atoms with Crippen molar-refractivity contribution in [3.63, 3.8) is 0 Å². The van der Waals surface area contributed by atoms with Crippen LogP contribution >= 0.6 is 0 Å². The zero-order valence-electron chi connectivity index (χ0n) is 14.7. The quantitative estimate of drug-likeness (QED) is 0.416. The van der Waals surface area contributed by atoms with Crippen LogP contribution in [0.25, 0.3) is 0 Å². The fourth-order valence-corrected chi connectivity index (χ4v) is 3.08. The van der Waals surface area contributed by atoms with E-state index in [0.29, 0.717) is 12.5 Å². The van der Waals surface area contributed by atoms with Crippen molar-refractivity contribution in [3.05, 3.63) is 23.7 Å². The van der Waals surface area contributed by atoms with Gasteiger partial charge in [0.15, 0.2) is 5.96 Å². The van der Waals surface area contributed by atoms with Gasteiger partial charge in [-0.05, 0) is 51.4 Å². The third kappa shape index (κ3) is 5.90. The second kappa shape index (κ2) is 9.60. The van der Waals surface area contributed by atoms with E-state index in [0.717, 1.165) is 37.6 Å². The second-order valence-corrected chi connectivity index (χ2v) is 6.42. The Morgan fingerprint density at radius 1 is 1.30 bits per heavy atom. The van der Waals surface area contributed by atoms with Crippen LogP contribution in [0, 0.1) is 6.92 Å².